The lowest BCUT2D eigenvalue weighted by atomic mass is 10.3. The molecule has 0 atom stereocenters. The van der Waals surface area contributed by atoms with Crippen LogP contribution in [-0.2, 0) is 0 Å². The third-order valence-electron chi connectivity index (χ3n) is 0.989. The van der Waals surface area contributed by atoms with E-state index in [0.717, 1.165) is 11.5 Å². The Bertz CT molecular complexity index is 297. The zero-order chi connectivity index (χ0) is 7.56. The molecule has 0 saturated carbocycles. The predicted octanol–water partition coefficient (Wildman–Crippen LogP) is 0.662. The Balaban J connectivity index is 3.08. The van der Waals surface area contributed by atoms with Crippen molar-refractivity contribution in [2.75, 3.05) is 0 Å². The predicted molar refractivity (Wildman–Crippen MR) is 37.8 cm³/mol. The molecule has 1 rings (SSSR count). The van der Waals surface area contributed by atoms with Gasteiger partial charge < -0.3 is 0 Å². The molecular weight excluding hydrogens is 148 g/mol. The minimum absolute atomic E-state index is 0.340. The summed E-state index contributed by atoms with van der Waals surface area (Å²) in [5, 5.41) is 3.64. The molecule has 0 spiro atoms. The SMILES string of the molecule is C#CC(=O)c1snnc1C. The maximum atomic E-state index is 10.8. The Morgan fingerprint density at radius 3 is 2.90 bits per heavy atom. The molecule has 0 aliphatic heterocycles. The third kappa shape index (κ3) is 1.04. The van der Waals surface area contributed by atoms with Crippen molar-refractivity contribution in [1.29, 1.82) is 0 Å². The summed E-state index contributed by atoms with van der Waals surface area (Å²) in [5.41, 5.74) is 0.605. The highest BCUT2D eigenvalue weighted by Gasteiger charge is 2.08. The first-order valence-electron chi connectivity index (χ1n) is 2.55. The third-order valence-corrected chi connectivity index (χ3v) is 1.82. The summed E-state index contributed by atoms with van der Waals surface area (Å²) in [6, 6.07) is 0. The summed E-state index contributed by atoms with van der Waals surface area (Å²) in [6.45, 7) is 1.70. The summed E-state index contributed by atoms with van der Waals surface area (Å²) in [6.07, 6.45) is 4.88. The topological polar surface area (TPSA) is 42.9 Å². The van der Waals surface area contributed by atoms with E-state index in [4.69, 9.17) is 6.42 Å². The number of nitrogens with zero attached hydrogens (tertiary/aromatic N) is 2. The Labute approximate surface area is 62.2 Å². The van der Waals surface area contributed by atoms with Crippen molar-refractivity contribution in [1.82, 2.24) is 9.59 Å². The van der Waals surface area contributed by atoms with E-state index in [-0.39, 0.29) is 5.78 Å². The van der Waals surface area contributed by atoms with Crippen LogP contribution in [0.5, 0.6) is 0 Å². The average molecular weight is 152 g/mol. The van der Waals surface area contributed by atoms with Crippen molar-refractivity contribution in [2.45, 2.75) is 6.92 Å². The molecule has 1 heterocycles. The van der Waals surface area contributed by atoms with Crippen molar-refractivity contribution >= 4 is 17.3 Å². The van der Waals surface area contributed by atoms with E-state index in [0.29, 0.717) is 10.6 Å². The summed E-state index contributed by atoms with van der Waals surface area (Å²) < 4.78 is 3.57. The average Bonchev–Trinajstić information content (AvgIpc) is 2.34. The van der Waals surface area contributed by atoms with Gasteiger partial charge in [-0.15, -0.1) is 11.5 Å². The van der Waals surface area contributed by atoms with E-state index in [1.54, 1.807) is 6.92 Å². The summed E-state index contributed by atoms with van der Waals surface area (Å²) >= 11 is 1.03. The molecule has 0 radical (unpaired) electrons. The first-order valence-corrected chi connectivity index (χ1v) is 3.33. The molecule has 0 amide bonds. The van der Waals surface area contributed by atoms with Crippen LogP contribution >= 0.6 is 11.5 Å². The van der Waals surface area contributed by atoms with Crippen molar-refractivity contribution in [2.24, 2.45) is 0 Å². The van der Waals surface area contributed by atoms with Crippen LogP contribution in [0.1, 0.15) is 15.4 Å². The molecule has 1 aromatic rings. The van der Waals surface area contributed by atoms with Gasteiger partial charge in [-0.05, 0) is 24.4 Å². The Hall–Kier alpha value is -1.21. The molecule has 0 unspecified atom stereocenters. The standard InChI is InChI=1S/C6H4N2OS/c1-3-5(9)6-4(2)7-8-10-6/h1H,2H3. The van der Waals surface area contributed by atoms with Gasteiger partial charge in [0, 0.05) is 0 Å². The van der Waals surface area contributed by atoms with Gasteiger partial charge in [0.2, 0.25) is 5.78 Å². The van der Waals surface area contributed by atoms with E-state index in [1.807, 2.05) is 5.92 Å². The number of aromatic nitrogens is 2. The Morgan fingerprint density at radius 1 is 1.80 bits per heavy atom. The van der Waals surface area contributed by atoms with E-state index >= 15 is 0 Å². The fourth-order valence-electron chi connectivity index (χ4n) is 0.505. The number of aryl methyl sites for hydroxylation is 1. The molecule has 10 heavy (non-hydrogen) atoms. The van der Waals surface area contributed by atoms with E-state index < -0.39 is 0 Å². The van der Waals surface area contributed by atoms with E-state index in [2.05, 4.69) is 9.59 Å². The maximum absolute atomic E-state index is 10.8. The van der Waals surface area contributed by atoms with Gasteiger partial charge in [0.05, 0.1) is 5.69 Å². The summed E-state index contributed by atoms with van der Waals surface area (Å²) in [4.78, 5) is 11.3. The minimum atomic E-state index is -0.340. The number of ketones is 1. The van der Waals surface area contributed by atoms with Crippen LogP contribution in [0.2, 0.25) is 0 Å². The zero-order valence-corrected chi connectivity index (χ0v) is 6.10. The molecule has 50 valence electrons. The molecule has 0 bridgehead atoms. The molecule has 3 nitrogen and oxygen atoms in total. The highest BCUT2D eigenvalue weighted by atomic mass is 32.1. The number of hydrogen-bond acceptors (Lipinski definition) is 4. The van der Waals surface area contributed by atoms with Gasteiger partial charge in [-0.2, -0.15) is 0 Å². The number of Topliss-reactive ketones (excluding diaryl/α,β-unsaturated/α-hetero) is 1. The first-order chi connectivity index (χ1) is 4.75. The van der Waals surface area contributed by atoms with Gasteiger partial charge in [0.25, 0.3) is 0 Å². The number of hydrogen-bond donors (Lipinski definition) is 0. The largest absolute Gasteiger partial charge is 0.278 e. The van der Waals surface area contributed by atoms with Gasteiger partial charge >= 0.3 is 0 Å². The lowest BCUT2D eigenvalue weighted by Crippen LogP contribution is -1.92. The second-order valence-corrected chi connectivity index (χ2v) is 2.42. The highest BCUT2D eigenvalue weighted by Crippen LogP contribution is 2.08. The molecule has 1 aromatic heterocycles. The van der Waals surface area contributed by atoms with Crippen LogP contribution in [0.4, 0.5) is 0 Å². The molecule has 4 heteroatoms. The Morgan fingerprint density at radius 2 is 2.50 bits per heavy atom. The maximum Gasteiger partial charge on any atom is 0.249 e. The molecule has 0 aliphatic rings. The van der Waals surface area contributed by atoms with Crippen LogP contribution < -0.4 is 0 Å². The van der Waals surface area contributed by atoms with Gasteiger partial charge in [0.15, 0.2) is 0 Å². The monoisotopic (exact) mass is 152 g/mol. The van der Waals surface area contributed by atoms with Crippen molar-refractivity contribution < 1.29 is 4.79 Å². The van der Waals surface area contributed by atoms with Gasteiger partial charge in [-0.25, -0.2) is 0 Å². The molecule has 0 aromatic carbocycles. The van der Waals surface area contributed by atoms with Gasteiger partial charge in [-0.3, -0.25) is 4.79 Å². The van der Waals surface area contributed by atoms with Crippen molar-refractivity contribution in [3.63, 3.8) is 0 Å². The van der Waals surface area contributed by atoms with Crippen LogP contribution in [0.25, 0.3) is 0 Å². The second kappa shape index (κ2) is 2.58. The number of carbonyl (C=O) groups excluding carboxylic acids is 1. The number of carbonyl (C=O) groups is 1. The molecule has 0 aliphatic carbocycles. The fraction of sp³-hybridized carbons (Fsp3) is 0.167. The lowest BCUT2D eigenvalue weighted by Gasteiger charge is -1.82. The van der Waals surface area contributed by atoms with Crippen LogP contribution in [0.15, 0.2) is 0 Å². The smallest absolute Gasteiger partial charge is 0.249 e. The summed E-state index contributed by atoms with van der Waals surface area (Å²) in [7, 11) is 0. The molecular formula is C6H4N2OS. The quantitative estimate of drug-likeness (QED) is 0.337. The summed E-state index contributed by atoms with van der Waals surface area (Å²) in [5.74, 6) is 1.66. The zero-order valence-electron chi connectivity index (χ0n) is 5.29. The fourth-order valence-corrected chi connectivity index (χ4v) is 1.06. The van der Waals surface area contributed by atoms with Crippen LogP contribution in [0, 0.1) is 19.3 Å². The van der Waals surface area contributed by atoms with Crippen LogP contribution in [-0.4, -0.2) is 15.4 Å². The van der Waals surface area contributed by atoms with Gasteiger partial charge in [0.1, 0.15) is 4.88 Å². The minimum Gasteiger partial charge on any atom is -0.278 e. The van der Waals surface area contributed by atoms with Crippen LogP contribution in [0.3, 0.4) is 0 Å². The van der Waals surface area contributed by atoms with Crippen molar-refractivity contribution in [3.8, 4) is 12.3 Å². The second-order valence-electron chi connectivity index (χ2n) is 1.66. The molecule has 0 N–H and O–H groups in total. The number of terminal acetylenes is 1. The van der Waals surface area contributed by atoms with Crippen molar-refractivity contribution in [3.05, 3.63) is 10.6 Å². The molecule has 0 saturated heterocycles. The van der Waals surface area contributed by atoms with E-state index in [1.165, 1.54) is 0 Å². The lowest BCUT2D eigenvalue weighted by molar-refractivity contribution is 0.105. The Kier molecular flexibility index (Phi) is 1.78. The number of rotatable bonds is 1. The van der Waals surface area contributed by atoms with Gasteiger partial charge in [-0.1, -0.05) is 4.49 Å². The normalized spacial score (nSPS) is 8.80. The first kappa shape index (κ1) is 6.90. The molecule has 0 fully saturated rings. The highest BCUT2D eigenvalue weighted by molar-refractivity contribution is 7.08. The van der Waals surface area contributed by atoms with E-state index in [9.17, 15) is 4.79 Å².